The van der Waals surface area contributed by atoms with E-state index in [-0.39, 0.29) is 24.7 Å². The number of fused-ring (bicyclic) bond motifs is 1. The van der Waals surface area contributed by atoms with Gasteiger partial charge in [-0.25, -0.2) is 15.0 Å². The topological polar surface area (TPSA) is 71.3 Å². The zero-order chi connectivity index (χ0) is 11.1. The van der Waals surface area contributed by atoms with Gasteiger partial charge in [-0.15, -0.1) is 0 Å². The predicted octanol–water partition coefficient (Wildman–Crippen LogP) is -0.582. The van der Waals surface area contributed by atoms with Gasteiger partial charge in [0.15, 0.2) is 5.82 Å². The first-order valence-electron chi connectivity index (χ1n) is 4.93. The van der Waals surface area contributed by atoms with Crippen molar-refractivity contribution in [2.24, 2.45) is 9.98 Å². The molecule has 6 nitrogen and oxygen atoms in total. The fraction of sp³-hybridized carbons (Fsp3) is 0.200. The Bertz CT molecular complexity index is 532. The fourth-order valence-corrected chi connectivity index (χ4v) is 1.76. The molecule has 0 bridgehead atoms. The van der Waals surface area contributed by atoms with Gasteiger partial charge in [-0.1, -0.05) is 17.3 Å². The fourth-order valence-electron chi connectivity index (χ4n) is 1.76. The smallest absolute Gasteiger partial charge is 0.201 e. The quantitative estimate of drug-likeness (QED) is 0.632. The number of benzene rings is 1. The molecule has 1 aromatic carbocycles. The summed E-state index contributed by atoms with van der Waals surface area (Å²) in [6.45, 7) is 0.514. The lowest BCUT2D eigenvalue weighted by atomic mass is 10.3. The summed E-state index contributed by atoms with van der Waals surface area (Å²) in [5.41, 5.74) is 0. The van der Waals surface area contributed by atoms with Crippen molar-refractivity contribution in [2.75, 3.05) is 13.1 Å². The van der Waals surface area contributed by atoms with Crippen LogP contribution >= 0.6 is 0 Å². The third-order valence-corrected chi connectivity index (χ3v) is 2.53. The molecular weight excluding hydrogens is 208 g/mol. The summed E-state index contributed by atoms with van der Waals surface area (Å²) in [5, 5.41) is 24.0. The predicted molar refractivity (Wildman–Crippen MR) is 51.7 cm³/mol. The summed E-state index contributed by atoms with van der Waals surface area (Å²) >= 11 is 0. The molecule has 6 heteroatoms. The average molecular weight is 217 g/mol. The maximum absolute atomic E-state index is 11.5. The Morgan fingerprint density at radius 3 is 2.25 bits per heavy atom. The molecular formula is C10H9N4O2. The van der Waals surface area contributed by atoms with Gasteiger partial charge in [0, 0.05) is 0 Å². The van der Waals surface area contributed by atoms with E-state index >= 15 is 0 Å². The summed E-state index contributed by atoms with van der Waals surface area (Å²) in [7, 11) is 0. The van der Waals surface area contributed by atoms with E-state index in [4.69, 9.17) is 0 Å². The monoisotopic (exact) mass is 217 g/mol. The molecule has 0 amide bonds. The highest BCUT2D eigenvalue weighted by atomic mass is 16.6. The Balaban J connectivity index is 2.19. The first kappa shape index (κ1) is 9.32. The second-order valence-corrected chi connectivity index (χ2v) is 3.58. The lowest BCUT2D eigenvalue weighted by molar-refractivity contribution is -0.139. The molecule has 2 heterocycles. The van der Waals surface area contributed by atoms with Crippen molar-refractivity contribution in [2.45, 2.75) is 0 Å². The van der Waals surface area contributed by atoms with Crippen LogP contribution < -0.4 is 10.7 Å². The zero-order valence-electron chi connectivity index (χ0n) is 8.37. The van der Waals surface area contributed by atoms with Crippen LogP contribution in [0.1, 0.15) is 0 Å². The van der Waals surface area contributed by atoms with Gasteiger partial charge in [0.25, 0.3) is 0 Å². The van der Waals surface area contributed by atoms with Crippen LogP contribution in [0, 0.1) is 0 Å². The second kappa shape index (κ2) is 3.29. The van der Waals surface area contributed by atoms with Gasteiger partial charge in [0.05, 0.1) is 23.8 Å². The number of nitrogens with zero attached hydrogens (tertiary/aromatic N) is 4. The Morgan fingerprint density at radius 2 is 1.75 bits per heavy atom. The Morgan fingerprint density at radius 1 is 1.12 bits per heavy atom. The Hall–Kier alpha value is -1.92. The third-order valence-electron chi connectivity index (χ3n) is 2.53. The van der Waals surface area contributed by atoms with Gasteiger partial charge >= 0.3 is 0 Å². The molecule has 0 aromatic heterocycles. The molecule has 0 atom stereocenters. The van der Waals surface area contributed by atoms with E-state index in [2.05, 4.69) is 9.98 Å². The minimum absolute atomic E-state index is 0.121. The standard InChI is InChI=1S/C10H9N4O2/c15-13-5-6-14(16)10(13)9-11-7-3-1-2-4-8(7)12-9/h1-4,15H,5-6H2. The molecule has 1 saturated heterocycles. The van der Waals surface area contributed by atoms with Gasteiger partial charge in [-0.2, -0.15) is 5.06 Å². The average Bonchev–Trinajstić information content (AvgIpc) is 2.82. The maximum Gasteiger partial charge on any atom is 0.201 e. The van der Waals surface area contributed by atoms with E-state index < -0.39 is 0 Å². The Labute approximate surface area is 91.0 Å². The highest BCUT2D eigenvalue weighted by Gasteiger charge is 2.28. The first-order chi connectivity index (χ1) is 7.75. The van der Waals surface area contributed by atoms with Crippen LogP contribution in [0.15, 0.2) is 45.9 Å². The molecule has 0 unspecified atom stereocenters. The molecule has 1 radical (unpaired) electrons. The molecule has 2 aliphatic rings. The van der Waals surface area contributed by atoms with Gasteiger partial charge in [-0.3, -0.25) is 5.21 Å². The molecule has 0 saturated carbocycles. The van der Waals surface area contributed by atoms with Gasteiger partial charge in [0.1, 0.15) is 0 Å². The number of rotatable bonds is 0. The van der Waals surface area contributed by atoms with Crippen LogP contribution in [-0.4, -0.2) is 28.4 Å². The number of hydroxylamine groups is 4. The molecule has 2 aliphatic heterocycles. The second-order valence-electron chi connectivity index (χ2n) is 3.58. The summed E-state index contributed by atoms with van der Waals surface area (Å²) in [4.78, 5) is 8.41. The molecule has 81 valence electrons. The highest BCUT2D eigenvalue weighted by Crippen LogP contribution is 2.20. The van der Waals surface area contributed by atoms with Crippen LogP contribution in [0.3, 0.4) is 0 Å². The van der Waals surface area contributed by atoms with Crippen LogP contribution in [0.4, 0.5) is 0 Å². The minimum Gasteiger partial charge on any atom is -0.287 e. The molecule has 0 aliphatic carbocycles. The largest absolute Gasteiger partial charge is 0.287 e. The van der Waals surface area contributed by atoms with Crippen LogP contribution in [-0.2, 0) is 5.21 Å². The third kappa shape index (κ3) is 1.28. The highest BCUT2D eigenvalue weighted by molar-refractivity contribution is 5.17. The summed E-state index contributed by atoms with van der Waals surface area (Å²) in [6.07, 6.45) is 0. The van der Waals surface area contributed by atoms with Crippen molar-refractivity contribution < 1.29 is 10.4 Å². The van der Waals surface area contributed by atoms with Crippen molar-refractivity contribution in [1.29, 1.82) is 0 Å². The molecule has 1 N–H and O–H groups in total. The minimum atomic E-state index is 0.121. The molecule has 1 aromatic rings. The van der Waals surface area contributed by atoms with E-state index in [1.807, 2.05) is 24.3 Å². The Kier molecular flexibility index (Phi) is 1.92. The maximum atomic E-state index is 11.5. The molecule has 1 fully saturated rings. The molecule has 0 spiro atoms. The lowest BCUT2D eigenvalue weighted by Gasteiger charge is -2.12. The zero-order valence-corrected chi connectivity index (χ0v) is 8.37. The van der Waals surface area contributed by atoms with Crippen molar-refractivity contribution >= 4 is 0 Å². The van der Waals surface area contributed by atoms with Crippen LogP contribution in [0.25, 0.3) is 0 Å². The summed E-state index contributed by atoms with van der Waals surface area (Å²) in [6, 6.07) is 7.34. The number of hydrogen-bond donors (Lipinski definition) is 1. The SMILES string of the molecule is [O]N1CCN(O)C1=C1N=c2ccccc2=N1. The van der Waals surface area contributed by atoms with E-state index in [1.165, 1.54) is 0 Å². The normalized spacial score (nSPS) is 18.6. The van der Waals surface area contributed by atoms with E-state index in [0.29, 0.717) is 5.06 Å². The lowest BCUT2D eigenvalue weighted by Crippen LogP contribution is -2.19. The molecule has 16 heavy (non-hydrogen) atoms. The number of para-hydroxylation sites is 2. The van der Waals surface area contributed by atoms with E-state index in [1.54, 1.807) is 0 Å². The van der Waals surface area contributed by atoms with Crippen LogP contribution in [0.2, 0.25) is 0 Å². The van der Waals surface area contributed by atoms with Crippen LogP contribution in [0.5, 0.6) is 0 Å². The van der Waals surface area contributed by atoms with Gasteiger partial charge in [0.2, 0.25) is 5.82 Å². The molecule has 3 rings (SSSR count). The van der Waals surface area contributed by atoms with Crippen molar-refractivity contribution in [1.82, 2.24) is 10.1 Å². The summed E-state index contributed by atoms with van der Waals surface area (Å²) in [5.74, 6) is 0.396. The van der Waals surface area contributed by atoms with Crippen molar-refractivity contribution in [3.63, 3.8) is 0 Å². The summed E-state index contributed by atoms with van der Waals surface area (Å²) < 4.78 is 0. The van der Waals surface area contributed by atoms with Gasteiger partial charge in [-0.05, 0) is 12.1 Å². The van der Waals surface area contributed by atoms with Crippen molar-refractivity contribution in [3.8, 4) is 0 Å². The van der Waals surface area contributed by atoms with Crippen molar-refractivity contribution in [3.05, 3.63) is 46.6 Å². The number of hydrogen-bond acceptors (Lipinski definition) is 5. The first-order valence-corrected chi connectivity index (χ1v) is 4.93. The van der Waals surface area contributed by atoms with Gasteiger partial charge < -0.3 is 0 Å². The van der Waals surface area contributed by atoms with E-state index in [0.717, 1.165) is 15.8 Å². The van der Waals surface area contributed by atoms with E-state index in [9.17, 15) is 10.4 Å².